The van der Waals surface area contributed by atoms with Crippen molar-refractivity contribution in [1.82, 2.24) is 0 Å². The number of carbonyl (C=O) groups is 1. The number of phenols is 1. The largest absolute Gasteiger partial charge is 0.506 e. The second-order valence-electron chi connectivity index (χ2n) is 2.28. The van der Waals surface area contributed by atoms with E-state index in [1.807, 2.05) is 0 Å². The summed E-state index contributed by atoms with van der Waals surface area (Å²) in [6, 6.07) is 0. The number of halogens is 4. The van der Waals surface area contributed by atoms with Crippen molar-refractivity contribution in [3.63, 3.8) is 0 Å². The molecule has 0 amide bonds. The summed E-state index contributed by atoms with van der Waals surface area (Å²) >= 11 is 12.5. The van der Waals surface area contributed by atoms with Crippen molar-refractivity contribution in [3.05, 3.63) is 23.5 Å². The van der Waals surface area contributed by atoms with Crippen LogP contribution in [0.4, 0.5) is 0 Å². The van der Waals surface area contributed by atoms with Crippen molar-refractivity contribution in [2.75, 3.05) is 0 Å². The van der Waals surface area contributed by atoms with Gasteiger partial charge in [0.2, 0.25) is 0 Å². The molecule has 1 aromatic rings. The minimum absolute atomic E-state index is 0.188. The normalized spacial score (nSPS) is 10.3. The van der Waals surface area contributed by atoms with Crippen LogP contribution in [0.2, 0.25) is 0 Å². The van der Waals surface area contributed by atoms with Crippen molar-refractivity contribution in [3.8, 4) is 5.75 Å². The van der Waals surface area contributed by atoms with Crippen molar-refractivity contribution in [2.24, 2.45) is 0 Å². The zero-order valence-electron chi connectivity index (χ0n) is 6.31. The number of hydrogen-bond acceptors (Lipinski definition) is 2. The first-order valence-corrected chi connectivity index (χ1v) is 6.33. The average Bonchev–Trinajstić information content (AvgIpc) is 2.11. The second kappa shape index (κ2) is 4.51. The summed E-state index contributed by atoms with van der Waals surface area (Å²) in [7, 11) is 0. The Morgan fingerprint density at radius 2 is 1.36 bits per heavy atom. The summed E-state index contributed by atoms with van der Waals surface area (Å²) in [5, 5.41) is 18.4. The van der Waals surface area contributed by atoms with Gasteiger partial charge in [-0.15, -0.1) is 0 Å². The molecule has 0 unspecified atom stereocenters. The molecule has 0 bridgehead atoms. The smallest absolute Gasteiger partial charge is 0.340 e. The van der Waals surface area contributed by atoms with Gasteiger partial charge in [-0.2, -0.15) is 0 Å². The Morgan fingerprint density at radius 3 is 1.79 bits per heavy atom. The molecule has 3 nitrogen and oxygen atoms in total. The lowest BCUT2D eigenvalue weighted by atomic mass is 10.2. The predicted molar refractivity (Wildman–Crippen MR) is 65.9 cm³/mol. The highest BCUT2D eigenvalue weighted by atomic mass is 79.9. The van der Waals surface area contributed by atoms with E-state index >= 15 is 0 Å². The molecule has 76 valence electrons. The molecule has 0 aromatic heterocycles. The van der Waals surface area contributed by atoms with Crippen LogP contribution in [0.25, 0.3) is 0 Å². The van der Waals surface area contributed by atoms with E-state index in [0.717, 1.165) is 0 Å². The first-order chi connectivity index (χ1) is 6.37. The van der Waals surface area contributed by atoms with Gasteiger partial charge >= 0.3 is 5.97 Å². The van der Waals surface area contributed by atoms with Crippen molar-refractivity contribution < 1.29 is 15.0 Å². The lowest BCUT2D eigenvalue weighted by molar-refractivity contribution is 0.0692. The molecule has 0 radical (unpaired) electrons. The zero-order valence-corrected chi connectivity index (χ0v) is 12.7. The second-order valence-corrected chi connectivity index (χ2v) is 5.46. The first-order valence-electron chi connectivity index (χ1n) is 3.16. The van der Waals surface area contributed by atoms with Gasteiger partial charge in [-0.25, -0.2) is 4.79 Å². The van der Waals surface area contributed by atoms with E-state index in [-0.39, 0.29) is 15.8 Å². The molecule has 0 aliphatic heterocycles. The maximum Gasteiger partial charge on any atom is 0.340 e. The van der Waals surface area contributed by atoms with Crippen LogP contribution in [0.3, 0.4) is 0 Å². The van der Waals surface area contributed by atoms with Crippen LogP contribution in [0.15, 0.2) is 17.9 Å². The molecule has 0 atom stereocenters. The van der Waals surface area contributed by atoms with Crippen LogP contribution >= 0.6 is 63.7 Å². The summed E-state index contributed by atoms with van der Waals surface area (Å²) in [5.41, 5.74) is -0.188. The molecule has 1 rings (SSSR count). The van der Waals surface area contributed by atoms with Gasteiger partial charge in [-0.05, 0) is 63.7 Å². The molecule has 0 spiro atoms. The molecule has 0 saturated carbocycles. The van der Waals surface area contributed by atoms with E-state index in [1.54, 1.807) is 0 Å². The maximum atomic E-state index is 10.8. The van der Waals surface area contributed by atoms with E-state index in [4.69, 9.17) is 5.11 Å². The number of aromatic hydroxyl groups is 1. The number of aromatic carboxylic acids is 1. The summed E-state index contributed by atoms with van der Waals surface area (Å²) in [4.78, 5) is 10.8. The third-order valence-electron chi connectivity index (χ3n) is 1.46. The van der Waals surface area contributed by atoms with Gasteiger partial charge in [-0.3, -0.25) is 0 Å². The molecule has 7 heteroatoms. The Kier molecular flexibility index (Phi) is 4.02. The molecule has 14 heavy (non-hydrogen) atoms. The summed E-state index contributed by atoms with van der Waals surface area (Å²) in [5.74, 6) is -1.53. The molecular formula is C7H2Br4O3. The van der Waals surface area contributed by atoms with Crippen LogP contribution in [0, 0.1) is 0 Å². The highest BCUT2D eigenvalue weighted by molar-refractivity contribution is 9.15. The standard InChI is InChI=1S/C7H2Br4O3/c8-2-1(7(13)14)6(12)5(11)4(10)3(2)9/h12H,(H,13,14). The first kappa shape index (κ1) is 12.5. The fourth-order valence-electron chi connectivity index (χ4n) is 0.815. The SMILES string of the molecule is O=C(O)c1c(O)c(Br)c(Br)c(Br)c1Br. The van der Waals surface area contributed by atoms with Crippen LogP contribution in [-0.2, 0) is 0 Å². The Morgan fingerprint density at radius 1 is 0.929 bits per heavy atom. The maximum absolute atomic E-state index is 10.8. The molecular weight excluding hydrogens is 452 g/mol. The van der Waals surface area contributed by atoms with E-state index in [1.165, 1.54) is 0 Å². The Hall–Kier alpha value is 0.410. The molecule has 0 heterocycles. The summed E-state index contributed by atoms with van der Waals surface area (Å²) in [6.07, 6.45) is 0. The van der Waals surface area contributed by atoms with E-state index < -0.39 is 5.97 Å². The minimum atomic E-state index is -1.21. The Labute approximate surface area is 113 Å². The molecule has 0 fully saturated rings. The lowest BCUT2D eigenvalue weighted by Gasteiger charge is -2.09. The number of hydrogen-bond donors (Lipinski definition) is 2. The van der Waals surface area contributed by atoms with E-state index in [0.29, 0.717) is 13.4 Å². The highest BCUT2D eigenvalue weighted by Crippen LogP contribution is 2.45. The fourth-order valence-corrected chi connectivity index (χ4v) is 3.08. The van der Waals surface area contributed by atoms with Gasteiger partial charge in [0.15, 0.2) is 0 Å². The van der Waals surface area contributed by atoms with Gasteiger partial charge in [0.1, 0.15) is 11.3 Å². The van der Waals surface area contributed by atoms with Gasteiger partial charge < -0.3 is 10.2 Å². The monoisotopic (exact) mass is 450 g/mol. The number of benzene rings is 1. The average molecular weight is 454 g/mol. The van der Waals surface area contributed by atoms with E-state index in [2.05, 4.69) is 63.7 Å². The number of rotatable bonds is 1. The van der Waals surface area contributed by atoms with Crippen molar-refractivity contribution >= 4 is 69.7 Å². The predicted octanol–water partition coefficient (Wildman–Crippen LogP) is 4.14. The van der Waals surface area contributed by atoms with Crippen LogP contribution in [0.1, 0.15) is 10.4 Å². The third kappa shape index (κ3) is 2.00. The lowest BCUT2D eigenvalue weighted by Crippen LogP contribution is -2.00. The van der Waals surface area contributed by atoms with Crippen LogP contribution < -0.4 is 0 Å². The molecule has 2 N–H and O–H groups in total. The van der Waals surface area contributed by atoms with Crippen LogP contribution in [0.5, 0.6) is 5.75 Å². The van der Waals surface area contributed by atoms with Gasteiger partial charge in [-0.1, -0.05) is 0 Å². The summed E-state index contributed by atoms with van der Waals surface area (Å²) in [6.45, 7) is 0. The highest BCUT2D eigenvalue weighted by Gasteiger charge is 2.22. The quantitative estimate of drug-likeness (QED) is 0.496. The van der Waals surface area contributed by atoms with Gasteiger partial charge in [0, 0.05) is 4.47 Å². The number of carboxylic acids is 1. The minimum Gasteiger partial charge on any atom is -0.506 e. The number of carboxylic acid groups (broad SMARTS) is 1. The zero-order chi connectivity index (χ0) is 11.0. The molecule has 0 aliphatic carbocycles. The van der Waals surface area contributed by atoms with Crippen LogP contribution in [-0.4, -0.2) is 16.2 Å². The van der Waals surface area contributed by atoms with Gasteiger partial charge in [0.05, 0.1) is 13.4 Å². The Balaban J connectivity index is 3.68. The van der Waals surface area contributed by atoms with E-state index in [9.17, 15) is 9.90 Å². The molecule has 1 aromatic carbocycles. The molecule has 0 saturated heterocycles. The fraction of sp³-hybridized carbons (Fsp3) is 0. The topological polar surface area (TPSA) is 57.5 Å². The Bertz CT molecular complexity index is 387. The molecule has 0 aliphatic rings. The van der Waals surface area contributed by atoms with Crippen molar-refractivity contribution in [1.29, 1.82) is 0 Å². The summed E-state index contributed by atoms with van der Waals surface area (Å²) < 4.78 is 1.66. The van der Waals surface area contributed by atoms with Crippen molar-refractivity contribution in [2.45, 2.75) is 0 Å². The third-order valence-corrected chi connectivity index (χ3v) is 6.20. The van der Waals surface area contributed by atoms with Gasteiger partial charge in [0.25, 0.3) is 0 Å².